The Morgan fingerprint density at radius 1 is 1.05 bits per heavy atom. The molecule has 1 aliphatic rings. The highest BCUT2D eigenvalue weighted by molar-refractivity contribution is 6.30. The van der Waals surface area contributed by atoms with E-state index in [1.54, 1.807) is 31.4 Å². The van der Waals surface area contributed by atoms with Crippen molar-refractivity contribution in [1.82, 2.24) is 9.99 Å². The van der Waals surface area contributed by atoms with Gasteiger partial charge in [0.25, 0.3) is 5.56 Å². The number of aromatic amines is 1. The highest BCUT2D eigenvalue weighted by Gasteiger charge is 2.35. The maximum absolute atomic E-state index is 13.6. The number of ether oxygens (including phenoxy) is 1. The van der Waals surface area contributed by atoms with Gasteiger partial charge < -0.3 is 14.8 Å². The predicted molar refractivity (Wildman–Crippen MR) is 146 cm³/mol. The summed E-state index contributed by atoms with van der Waals surface area (Å²) < 4.78 is 5.44. The molecule has 9 heteroatoms. The van der Waals surface area contributed by atoms with Gasteiger partial charge in [0.1, 0.15) is 5.75 Å². The number of fused-ring (bicyclic) bond motifs is 1. The third-order valence-corrected chi connectivity index (χ3v) is 6.79. The van der Waals surface area contributed by atoms with Crippen LogP contribution in [-0.4, -0.2) is 39.8 Å². The minimum atomic E-state index is -1.07. The summed E-state index contributed by atoms with van der Waals surface area (Å²) in [5.41, 5.74) is 3.33. The fourth-order valence-corrected chi connectivity index (χ4v) is 4.89. The molecule has 3 aromatic carbocycles. The Bertz CT molecular complexity index is 1630. The van der Waals surface area contributed by atoms with Crippen LogP contribution in [0, 0.1) is 0 Å². The number of carbonyl (C=O) groups excluding carboxylic acids is 1. The summed E-state index contributed by atoms with van der Waals surface area (Å²) in [5, 5.41) is 16.4. The first-order valence-corrected chi connectivity index (χ1v) is 12.4. The van der Waals surface area contributed by atoms with E-state index in [-0.39, 0.29) is 24.8 Å². The number of benzene rings is 3. The number of carboxylic acid groups (broad SMARTS) is 1. The summed E-state index contributed by atoms with van der Waals surface area (Å²) in [6.45, 7) is 0. The Morgan fingerprint density at radius 3 is 2.55 bits per heavy atom. The van der Waals surface area contributed by atoms with Gasteiger partial charge in [-0.2, -0.15) is 5.10 Å². The number of carboxylic acids is 1. The molecule has 5 rings (SSSR count). The molecule has 1 amide bonds. The lowest BCUT2D eigenvalue weighted by Crippen LogP contribution is -2.27. The summed E-state index contributed by atoms with van der Waals surface area (Å²) in [7, 11) is 1.58. The number of H-pyrrole nitrogens is 1. The lowest BCUT2D eigenvalue weighted by molar-refractivity contribution is -0.141. The Morgan fingerprint density at radius 2 is 1.82 bits per heavy atom. The zero-order valence-electron chi connectivity index (χ0n) is 20.5. The largest absolute Gasteiger partial charge is 0.497 e. The van der Waals surface area contributed by atoms with E-state index in [4.69, 9.17) is 21.4 Å². The van der Waals surface area contributed by atoms with Crippen molar-refractivity contribution in [2.45, 2.75) is 25.3 Å². The van der Waals surface area contributed by atoms with Crippen LogP contribution >= 0.6 is 11.6 Å². The van der Waals surface area contributed by atoms with Gasteiger partial charge in [0.15, 0.2) is 0 Å². The van der Waals surface area contributed by atoms with Crippen LogP contribution in [-0.2, 0) is 9.59 Å². The minimum absolute atomic E-state index is 0.215. The maximum Gasteiger partial charge on any atom is 0.303 e. The van der Waals surface area contributed by atoms with Crippen molar-refractivity contribution in [1.29, 1.82) is 0 Å². The van der Waals surface area contributed by atoms with E-state index in [0.717, 1.165) is 16.5 Å². The Hall–Kier alpha value is -4.43. The second-order valence-electron chi connectivity index (χ2n) is 8.93. The van der Waals surface area contributed by atoms with Gasteiger partial charge >= 0.3 is 5.97 Å². The molecule has 0 fully saturated rings. The van der Waals surface area contributed by atoms with E-state index in [1.807, 2.05) is 48.5 Å². The molecule has 1 aromatic heterocycles. The van der Waals surface area contributed by atoms with E-state index >= 15 is 0 Å². The standard InChI is InChI=1S/C29H24ClN3O5/c1-38-20-6-4-5-18(15-20)27-21-7-2-3-8-22(21)31-29(37)28(27)23-16-24(17-9-11-19(30)12-10-17)33(32-23)25(34)13-14-26(35)36/h2-12,15,24H,13-14,16H2,1H3,(H,31,37)(H,35,36). The van der Waals surface area contributed by atoms with E-state index in [0.29, 0.717) is 33.1 Å². The number of rotatable bonds is 7. The zero-order valence-corrected chi connectivity index (χ0v) is 21.2. The number of carbonyl (C=O) groups is 2. The van der Waals surface area contributed by atoms with Crippen molar-refractivity contribution in [2.75, 3.05) is 7.11 Å². The molecule has 0 aliphatic carbocycles. The first-order valence-electron chi connectivity index (χ1n) is 12.0. The van der Waals surface area contributed by atoms with Crippen LogP contribution in [0.4, 0.5) is 0 Å². The summed E-state index contributed by atoms with van der Waals surface area (Å²) in [6.07, 6.45) is -0.273. The zero-order chi connectivity index (χ0) is 26.8. The van der Waals surface area contributed by atoms with E-state index < -0.39 is 17.9 Å². The number of halogens is 1. The van der Waals surface area contributed by atoms with Crippen LogP contribution < -0.4 is 10.3 Å². The van der Waals surface area contributed by atoms with Gasteiger partial charge in [-0.15, -0.1) is 0 Å². The van der Waals surface area contributed by atoms with Crippen LogP contribution in [0.5, 0.6) is 5.75 Å². The van der Waals surface area contributed by atoms with Crippen molar-refractivity contribution < 1.29 is 19.4 Å². The van der Waals surface area contributed by atoms with Gasteiger partial charge in [0, 0.05) is 34.3 Å². The monoisotopic (exact) mass is 529 g/mol. The molecule has 1 atom stereocenters. The molecule has 0 radical (unpaired) electrons. The second kappa shape index (κ2) is 10.5. The lowest BCUT2D eigenvalue weighted by atomic mass is 9.91. The maximum atomic E-state index is 13.6. The first kappa shape index (κ1) is 25.2. The molecule has 4 aromatic rings. The van der Waals surface area contributed by atoms with E-state index in [2.05, 4.69) is 10.1 Å². The summed E-state index contributed by atoms with van der Waals surface area (Å²) >= 11 is 6.09. The van der Waals surface area contributed by atoms with Crippen molar-refractivity contribution in [3.63, 3.8) is 0 Å². The van der Waals surface area contributed by atoms with Crippen molar-refractivity contribution in [3.05, 3.63) is 99.3 Å². The average Bonchev–Trinajstić information content (AvgIpc) is 3.36. The molecular formula is C29H24ClN3O5. The smallest absolute Gasteiger partial charge is 0.303 e. The quantitative estimate of drug-likeness (QED) is 0.333. The van der Waals surface area contributed by atoms with Gasteiger partial charge in [0.2, 0.25) is 5.91 Å². The molecular weight excluding hydrogens is 506 g/mol. The molecule has 2 N–H and O–H groups in total. The third-order valence-electron chi connectivity index (χ3n) is 6.54. The second-order valence-corrected chi connectivity index (χ2v) is 9.37. The molecule has 0 saturated heterocycles. The van der Waals surface area contributed by atoms with Crippen molar-refractivity contribution >= 4 is 40.1 Å². The van der Waals surface area contributed by atoms with Gasteiger partial charge in [-0.1, -0.05) is 54.1 Å². The predicted octanol–water partition coefficient (Wildman–Crippen LogP) is 5.40. The van der Waals surface area contributed by atoms with Gasteiger partial charge in [-0.3, -0.25) is 14.4 Å². The minimum Gasteiger partial charge on any atom is -0.497 e. The molecule has 0 saturated carbocycles. The molecule has 8 nitrogen and oxygen atoms in total. The number of aromatic nitrogens is 1. The molecule has 0 spiro atoms. The molecule has 192 valence electrons. The number of hydrazone groups is 1. The molecule has 0 bridgehead atoms. The number of methoxy groups -OCH3 is 1. The fraction of sp³-hybridized carbons (Fsp3) is 0.172. The van der Waals surface area contributed by atoms with Crippen LogP contribution in [0.25, 0.3) is 22.0 Å². The number of hydrogen-bond acceptors (Lipinski definition) is 5. The van der Waals surface area contributed by atoms with Gasteiger partial charge in [-0.05, 0) is 41.5 Å². The topological polar surface area (TPSA) is 112 Å². The number of amides is 1. The molecule has 38 heavy (non-hydrogen) atoms. The molecule has 1 aliphatic heterocycles. The highest BCUT2D eigenvalue weighted by Crippen LogP contribution is 2.38. The van der Waals surface area contributed by atoms with Gasteiger partial charge in [-0.25, -0.2) is 5.01 Å². The van der Waals surface area contributed by atoms with Crippen molar-refractivity contribution in [2.24, 2.45) is 5.10 Å². The number of para-hydroxylation sites is 1. The summed E-state index contributed by atoms with van der Waals surface area (Å²) in [5.74, 6) is -0.880. The number of hydrogen-bond donors (Lipinski definition) is 2. The summed E-state index contributed by atoms with van der Waals surface area (Å²) in [6, 6.07) is 21.4. The van der Waals surface area contributed by atoms with Crippen LogP contribution in [0.3, 0.4) is 0 Å². The Balaban J connectivity index is 1.69. The van der Waals surface area contributed by atoms with Crippen molar-refractivity contribution in [3.8, 4) is 16.9 Å². The van der Waals surface area contributed by atoms with Crippen LogP contribution in [0.2, 0.25) is 5.02 Å². The number of pyridine rings is 1. The normalized spacial score (nSPS) is 14.9. The Labute approximate surface area is 223 Å². The highest BCUT2D eigenvalue weighted by atomic mass is 35.5. The van der Waals surface area contributed by atoms with Crippen LogP contribution in [0.1, 0.15) is 36.4 Å². The Kier molecular flexibility index (Phi) is 6.98. The molecule has 2 heterocycles. The van der Waals surface area contributed by atoms with E-state index in [9.17, 15) is 14.4 Å². The van der Waals surface area contributed by atoms with E-state index in [1.165, 1.54) is 5.01 Å². The third kappa shape index (κ3) is 4.90. The lowest BCUT2D eigenvalue weighted by Gasteiger charge is -2.22. The van der Waals surface area contributed by atoms with Crippen LogP contribution in [0.15, 0.2) is 82.7 Å². The first-order chi connectivity index (χ1) is 18.4. The van der Waals surface area contributed by atoms with Gasteiger partial charge in [0.05, 0.1) is 30.8 Å². The fourth-order valence-electron chi connectivity index (χ4n) is 4.76. The molecule has 1 unspecified atom stereocenters. The number of nitrogens with one attached hydrogen (secondary N) is 1. The number of nitrogens with zero attached hydrogens (tertiary/aromatic N) is 2. The number of aliphatic carboxylic acids is 1. The SMILES string of the molecule is COc1cccc(-c2c(C3=NN(C(=O)CCC(=O)O)C(c4ccc(Cl)cc4)C3)c(=O)[nH]c3ccccc23)c1. The average molecular weight is 530 g/mol. The summed E-state index contributed by atoms with van der Waals surface area (Å²) in [4.78, 5) is 40.8.